The molecule has 2 saturated carbocycles. The summed E-state index contributed by atoms with van der Waals surface area (Å²) in [4.78, 5) is 23.8. The van der Waals surface area contributed by atoms with E-state index < -0.39 is 45.6 Å². The summed E-state index contributed by atoms with van der Waals surface area (Å²) in [7, 11) is -4.54. The second-order valence-corrected chi connectivity index (χ2v) is 14.8. The largest absolute Gasteiger partial charge is 0.490 e. The fraction of sp³-hybridized carbons (Fsp3) is 0.455. The number of halogens is 6. The number of nitrogens with zero attached hydrogens (tertiary/aromatic N) is 1. The molecule has 1 amide bonds. The lowest BCUT2D eigenvalue weighted by Gasteiger charge is -2.39. The third kappa shape index (κ3) is 8.44. The van der Waals surface area contributed by atoms with Crippen LogP contribution in [0.1, 0.15) is 44.1 Å². The highest BCUT2D eigenvalue weighted by Gasteiger charge is 2.52. The zero-order valence-corrected chi connectivity index (χ0v) is 27.6. The van der Waals surface area contributed by atoms with Crippen LogP contribution < -0.4 is 15.2 Å². The molecule has 4 N–H and O–H groups in total. The van der Waals surface area contributed by atoms with Crippen molar-refractivity contribution in [3.05, 3.63) is 71.2 Å². The van der Waals surface area contributed by atoms with E-state index in [0.29, 0.717) is 11.1 Å². The molecule has 1 heterocycles. The van der Waals surface area contributed by atoms with Crippen molar-refractivity contribution in [2.45, 2.75) is 73.7 Å². The molecule has 266 valence electrons. The van der Waals surface area contributed by atoms with E-state index in [2.05, 4.69) is 4.72 Å². The standard InChI is InChI=1S/C31H34ClF2N3O4S.C2HF3O2/c32-24-11-9-23(10-12-24)31(33,34)29(30(38)37-17-21-5-6-22(18-37)28(21)35)36-42(39,40)27-14-8-19-15-26(13-7-20(19)16-27)41-25-3-1-2-4-25;3-2(4,5)1(6)7/h7-16,21-22,25,28-29,36H,1-6,17-18,35H2;(H,6,7)/t21-,22+,28?,29-;/m1./s1. The summed E-state index contributed by atoms with van der Waals surface area (Å²) in [6, 6.07) is 12.1. The number of hydrogen-bond donors (Lipinski definition) is 3. The van der Waals surface area contributed by atoms with Crippen molar-refractivity contribution < 1.29 is 49.8 Å². The van der Waals surface area contributed by atoms with Crippen molar-refractivity contribution in [3.8, 4) is 5.75 Å². The van der Waals surface area contributed by atoms with E-state index in [0.717, 1.165) is 56.0 Å². The first-order valence-electron chi connectivity index (χ1n) is 15.7. The molecule has 1 aliphatic heterocycles. The Bertz CT molecular complexity index is 1770. The van der Waals surface area contributed by atoms with Gasteiger partial charge in [-0.2, -0.15) is 26.7 Å². The van der Waals surface area contributed by atoms with Crippen LogP contribution >= 0.6 is 11.6 Å². The first-order chi connectivity index (χ1) is 23.0. The smallest absolute Gasteiger partial charge is 0.490 e. The van der Waals surface area contributed by atoms with Gasteiger partial charge in [-0.1, -0.05) is 35.9 Å². The van der Waals surface area contributed by atoms with E-state index in [-0.39, 0.29) is 47.0 Å². The number of alkyl halides is 5. The van der Waals surface area contributed by atoms with Crippen LogP contribution in [-0.2, 0) is 25.5 Å². The Kier molecular flexibility index (Phi) is 10.8. The summed E-state index contributed by atoms with van der Waals surface area (Å²) < 4.78 is 99.3. The molecule has 0 spiro atoms. The fourth-order valence-electron chi connectivity index (χ4n) is 6.61. The minimum Gasteiger partial charge on any atom is -0.490 e. The van der Waals surface area contributed by atoms with Crippen LogP contribution in [0.4, 0.5) is 22.0 Å². The number of fused-ring (bicyclic) bond motifs is 3. The predicted octanol–water partition coefficient (Wildman–Crippen LogP) is 6.08. The number of hydrogen-bond acceptors (Lipinski definition) is 6. The zero-order chi connectivity index (χ0) is 35.7. The number of nitrogens with one attached hydrogen (secondary N) is 1. The number of amides is 1. The molecule has 0 radical (unpaired) electrons. The van der Waals surface area contributed by atoms with E-state index in [1.807, 2.05) is 6.07 Å². The quantitative estimate of drug-likeness (QED) is 0.239. The lowest BCUT2D eigenvalue weighted by molar-refractivity contribution is -0.192. The van der Waals surface area contributed by atoms with Crippen LogP contribution in [0.15, 0.2) is 65.6 Å². The molecule has 3 aromatic rings. The second kappa shape index (κ2) is 14.4. The van der Waals surface area contributed by atoms with Crippen LogP contribution in [0.5, 0.6) is 5.75 Å². The van der Waals surface area contributed by atoms with Gasteiger partial charge in [0.25, 0.3) is 5.92 Å². The Hall–Kier alpha value is -3.53. The highest BCUT2D eigenvalue weighted by molar-refractivity contribution is 7.89. The Labute approximate surface area is 284 Å². The maximum atomic E-state index is 16.1. The van der Waals surface area contributed by atoms with E-state index in [1.54, 1.807) is 18.2 Å². The summed E-state index contributed by atoms with van der Waals surface area (Å²) in [5.41, 5.74) is 5.75. The van der Waals surface area contributed by atoms with Crippen molar-refractivity contribution in [2.75, 3.05) is 13.1 Å². The molecule has 2 aliphatic carbocycles. The summed E-state index contributed by atoms with van der Waals surface area (Å²) in [5, 5.41) is 8.72. The lowest BCUT2D eigenvalue weighted by Crippen LogP contribution is -2.60. The van der Waals surface area contributed by atoms with E-state index >= 15 is 8.78 Å². The molecular formula is C33H35ClF5N3O6S. The number of piperidine rings is 1. The first kappa shape index (κ1) is 36.7. The van der Waals surface area contributed by atoms with Crippen molar-refractivity contribution in [1.82, 2.24) is 9.62 Å². The summed E-state index contributed by atoms with van der Waals surface area (Å²) in [6.45, 7) is 0.430. The van der Waals surface area contributed by atoms with Gasteiger partial charge in [-0.05, 0) is 97.5 Å². The van der Waals surface area contributed by atoms with Crippen molar-refractivity contribution >= 4 is 44.3 Å². The summed E-state index contributed by atoms with van der Waals surface area (Å²) in [5.74, 6) is -6.90. The molecule has 1 unspecified atom stereocenters. The molecule has 16 heteroatoms. The molecule has 1 saturated heterocycles. The second-order valence-electron chi connectivity index (χ2n) is 12.6. The number of carbonyl (C=O) groups excluding carboxylic acids is 1. The molecule has 0 aromatic heterocycles. The molecule has 2 bridgehead atoms. The van der Waals surface area contributed by atoms with Gasteiger partial charge in [0.2, 0.25) is 15.9 Å². The normalized spacial score (nSPS) is 22.0. The molecule has 49 heavy (non-hydrogen) atoms. The van der Waals surface area contributed by atoms with Crippen LogP contribution in [0, 0.1) is 11.8 Å². The number of aliphatic carboxylic acids is 1. The Morgan fingerprint density at radius 1 is 0.898 bits per heavy atom. The van der Waals surface area contributed by atoms with Crippen molar-refractivity contribution in [3.63, 3.8) is 0 Å². The van der Waals surface area contributed by atoms with Crippen LogP contribution in [0.25, 0.3) is 10.8 Å². The number of carbonyl (C=O) groups is 2. The van der Waals surface area contributed by atoms with Gasteiger partial charge in [-0.15, -0.1) is 0 Å². The number of sulfonamides is 1. The molecule has 4 atom stereocenters. The third-order valence-corrected chi connectivity index (χ3v) is 10.9. The average Bonchev–Trinajstić information content (AvgIpc) is 3.61. The zero-order valence-electron chi connectivity index (χ0n) is 26.0. The van der Waals surface area contributed by atoms with Gasteiger partial charge >= 0.3 is 12.1 Å². The van der Waals surface area contributed by atoms with Crippen molar-refractivity contribution in [2.24, 2.45) is 17.6 Å². The highest BCUT2D eigenvalue weighted by atomic mass is 35.5. The van der Waals surface area contributed by atoms with Crippen LogP contribution in [0.3, 0.4) is 0 Å². The number of carboxylic acids is 1. The predicted molar refractivity (Wildman–Crippen MR) is 171 cm³/mol. The van der Waals surface area contributed by atoms with Gasteiger partial charge in [0, 0.05) is 29.7 Å². The maximum absolute atomic E-state index is 16.1. The summed E-state index contributed by atoms with van der Waals surface area (Å²) in [6.07, 6.45) is 1.00. The number of benzene rings is 3. The molecular weight excluding hydrogens is 697 g/mol. The van der Waals surface area contributed by atoms with Gasteiger partial charge in [0.1, 0.15) is 5.75 Å². The highest BCUT2D eigenvalue weighted by Crippen LogP contribution is 2.39. The monoisotopic (exact) mass is 731 g/mol. The third-order valence-electron chi connectivity index (χ3n) is 9.27. The number of nitrogens with two attached hydrogens (primary N) is 1. The number of likely N-dealkylation sites (tertiary alicyclic amines) is 1. The Morgan fingerprint density at radius 2 is 1.45 bits per heavy atom. The maximum Gasteiger partial charge on any atom is 0.490 e. The fourth-order valence-corrected chi connectivity index (χ4v) is 7.96. The van der Waals surface area contributed by atoms with Gasteiger partial charge in [-0.3, -0.25) is 4.79 Å². The topological polar surface area (TPSA) is 139 Å². The van der Waals surface area contributed by atoms with E-state index in [9.17, 15) is 26.4 Å². The number of rotatable bonds is 8. The van der Waals surface area contributed by atoms with Gasteiger partial charge < -0.3 is 20.5 Å². The number of ether oxygens (including phenoxy) is 1. The molecule has 3 aromatic carbocycles. The minimum atomic E-state index is -5.08. The first-order valence-corrected chi connectivity index (χ1v) is 17.5. The van der Waals surface area contributed by atoms with Crippen molar-refractivity contribution in [1.29, 1.82) is 0 Å². The van der Waals surface area contributed by atoms with Crippen LogP contribution in [-0.4, -0.2) is 67.8 Å². The molecule has 3 aliphatic rings. The van der Waals surface area contributed by atoms with Gasteiger partial charge in [-0.25, -0.2) is 13.2 Å². The Balaban J connectivity index is 0.000000606. The van der Waals surface area contributed by atoms with Crippen LogP contribution in [0.2, 0.25) is 5.02 Å². The minimum absolute atomic E-state index is 0.00265. The molecule has 9 nitrogen and oxygen atoms in total. The molecule has 3 fully saturated rings. The molecule has 6 rings (SSSR count). The lowest BCUT2D eigenvalue weighted by atomic mass is 9.92. The van der Waals surface area contributed by atoms with E-state index in [1.165, 1.54) is 29.2 Å². The Morgan fingerprint density at radius 3 is 2.02 bits per heavy atom. The number of carboxylic acid groups (broad SMARTS) is 1. The SMILES string of the molecule is NC1[C@@H]2CC[C@H]1CN(C(=O)[C@@H](NS(=O)(=O)c1ccc3cc(OC4CCCC4)ccc3c1)C(F)(F)c1ccc(Cl)cc1)C2.O=C(O)C(F)(F)F. The summed E-state index contributed by atoms with van der Waals surface area (Å²) >= 11 is 5.91. The van der Waals surface area contributed by atoms with Gasteiger partial charge in [0.05, 0.1) is 11.0 Å². The average molecular weight is 732 g/mol. The van der Waals surface area contributed by atoms with E-state index in [4.69, 9.17) is 32.0 Å². The van der Waals surface area contributed by atoms with Gasteiger partial charge in [0.15, 0.2) is 6.04 Å².